The Labute approximate surface area is 100 Å². The van der Waals surface area contributed by atoms with Gasteiger partial charge in [0.15, 0.2) is 11.5 Å². The molecule has 0 aliphatic rings. The summed E-state index contributed by atoms with van der Waals surface area (Å²) in [6.07, 6.45) is 0. The number of hydrogen-bond donors (Lipinski definition) is 0. The quantitative estimate of drug-likeness (QED) is 0.630. The summed E-state index contributed by atoms with van der Waals surface area (Å²) < 4.78 is 5.58. The second kappa shape index (κ2) is 5.01. The van der Waals surface area contributed by atoms with Gasteiger partial charge >= 0.3 is 0 Å². The molecule has 0 radical (unpaired) electrons. The number of Topliss-reactive ketones (excluding diaryl/α,β-unsaturated/α-hetero) is 1. The zero-order chi connectivity index (χ0) is 10.7. The maximum atomic E-state index is 11.4. The second-order valence-electron chi connectivity index (χ2n) is 2.50. The highest BCUT2D eigenvalue weighted by Crippen LogP contribution is 2.35. The van der Waals surface area contributed by atoms with Gasteiger partial charge in [0.05, 0.1) is 22.5 Å². The number of benzene rings is 1. The maximum Gasteiger partial charge on any atom is 0.178 e. The number of carbonyl (C=O) groups excluding carboxylic acids is 1. The van der Waals surface area contributed by atoms with Crippen molar-refractivity contribution in [1.29, 1.82) is 0 Å². The van der Waals surface area contributed by atoms with E-state index in [1.54, 1.807) is 12.1 Å². The number of halogens is 3. The normalized spacial score (nSPS) is 10.0. The monoisotopic (exact) mass is 296 g/mol. The largest absolute Gasteiger partial charge is 0.494 e. The van der Waals surface area contributed by atoms with Crippen LogP contribution in [-0.4, -0.2) is 18.8 Å². The van der Waals surface area contributed by atoms with E-state index in [9.17, 15) is 4.79 Å². The van der Waals surface area contributed by atoms with Gasteiger partial charge in [-0.15, -0.1) is 11.6 Å². The molecule has 5 heteroatoms. The third kappa shape index (κ3) is 2.22. The van der Waals surface area contributed by atoms with Gasteiger partial charge < -0.3 is 4.74 Å². The van der Waals surface area contributed by atoms with Crippen LogP contribution in [0.1, 0.15) is 10.4 Å². The fourth-order valence-corrected chi connectivity index (χ4v) is 2.23. The minimum Gasteiger partial charge on any atom is -0.494 e. The van der Waals surface area contributed by atoms with Gasteiger partial charge in [-0.2, -0.15) is 0 Å². The minimum absolute atomic E-state index is 0.0661. The Hall–Kier alpha value is -0.250. The summed E-state index contributed by atoms with van der Waals surface area (Å²) in [4.78, 5) is 11.4. The summed E-state index contributed by atoms with van der Waals surface area (Å²) in [5.74, 6) is 0.208. The van der Waals surface area contributed by atoms with E-state index in [0.717, 1.165) is 0 Å². The first-order valence-corrected chi connectivity index (χ1v) is 5.43. The zero-order valence-electron chi connectivity index (χ0n) is 7.31. The predicted molar refractivity (Wildman–Crippen MR) is 60.8 cm³/mol. The molecule has 76 valence electrons. The van der Waals surface area contributed by atoms with Gasteiger partial charge in [0, 0.05) is 5.56 Å². The minimum atomic E-state index is -0.173. The molecule has 0 saturated heterocycles. The summed E-state index contributed by atoms with van der Waals surface area (Å²) in [7, 11) is 1.49. The summed E-state index contributed by atoms with van der Waals surface area (Å²) in [5, 5.41) is 0.450. The first-order valence-electron chi connectivity index (χ1n) is 3.73. The van der Waals surface area contributed by atoms with Crippen molar-refractivity contribution in [2.45, 2.75) is 0 Å². The molecule has 1 aromatic rings. The lowest BCUT2D eigenvalue weighted by Crippen LogP contribution is -2.02. The van der Waals surface area contributed by atoms with Crippen LogP contribution in [0.2, 0.25) is 5.02 Å². The topological polar surface area (TPSA) is 26.3 Å². The smallest absolute Gasteiger partial charge is 0.178 e. The molecule has 0 aromatic heterocycles. The number of alkyl halides is 1. The fourth-order valence-electron chi connectivity index (χ4n) is 1.01. The Morgan fingerprint density at radius 1 is 1.57 bits per heavy atom. The van der Waals surface area contributed by atoms with Crippen LogP contribution in [0.15, 0.2) is 16.6 Å². The van der Waals surface area contributed by atoms with Crippen LogP contribution in [0.25, 0.3) is 0 Å². The second-order valence-corrected chi connectivity index (χ2v) is 3.97. The molecule has 0 bridgehead atoms. The Balaban J connectivity index is 3.28. The van der Waals surface area contributed by atoms with Crippen LogP contribution in [0, 0.1) is 0 Å². The third-order valence-electron chi connectivity index (χ3n) is 1.67. The number of ketones is 1. The first-order chi connectivity index (χ1) is 6.61. The Morgan fingerprint density at radius 2 is 2.21 bits per heavy atom. The molecule has 0 spiro atoms. The van der Waals surface area contributed by atoms with Crippen molar-refractivity contribution in [2.75, 3.05) is 13.0 Å². The SMILES string of the molecule is COc1c(Cl)ccc(C(=O)CCl)c1Br. The highest BCUT2D eigenvalue weighted by Gasteiger charge is 2.15. The summed E-state index contributed by atoms with van der Waals surface area (Å²) in [6, 6.07) is 3.21. The Bertz CT molecular complexity index is 366. The molecule has 0 fully saturated rings. The molecule has 0 heterocycles. The molecular formula is C9H7BrCl2O2. The van der Waals surface area contributed by atoms with Gasteiger partial charge in [0.2, 0.25) is 0 Å². The number of hydrogen-bond acceptors (Lipinski definition) is 2. The molecule has 14 heavy (non-hydrogen) atoms. The van der Waals surface area contributed by atoms with Crippen molar-refractivity contribution in [3.63, 3.8) is 0 Å². The van der Waals surface area contributed by atoms with Crippen LogP contribution in [0.5, 0.6) is 5.75 Å². The number of ether oxygens (including phenoxy) is 1. The van der Waals surface area contributed by atoms with E-state index in [-0.39, 0.29) is 11.7 Å². The summed E-state index contributed by atoms with van der Waals surface area (Å²) in [5.41, 5.74) is 0.473. The van der Waals surface area contributed by atoms with Gasteiger partial charge in [0.25, 0.3) is 0 Å². The molecule has 0 atom stereocenters. The zero-order valence-corrected chi connectivity index (χ0v) is 10.4. The average molecular weight is 298 g/mol. The molecule has 0 aliphatic carbocycles. The van der Waals surface area contributed by atoms with Crippen LogP contribution in [-0.2, 0) is 0 Å². The fraction of sp³-hybridized carbons (Fsp3) is 0.222. The van der Waals surface area contributed by atoms with E-state index in [1.165, 1.54) is 7.11 Å². The van der Waals surface area contributed by atoms with Crippen molar-refractivity contribution in [2.24, 2.45) is 0 Å². The number of methoxy groups -OCH3 is 1. The molecule has 1 rings (SSSR count). The van der Waals surface area contributed by atoms with E-state index in [0.29, 0.717) is 20.8 Å². The van der Waals surface area contributed by atoms with Crippen molar-refractivity contribution in [1.82, 2.24) is 0 Å². The van der Waals surface area contributed by atoms with Gasteiger partial charge in [-0.25, -0.2) is 0 Å². The maximum absolute atomic E-state index is 11.4. The van der Waals surface area contributed by atoms with E-state index in [2.05, 4.69) is 15.9 Å². The molecule has 0 saturated carbocycles. The number of carbonyl (C=O) groups is 1. The molecule has 0 amide bonds. The van der Waals surface area contributed by atoms with Crippen molar-refractivity contribution < 1.29 is 9.53 Å². The van der Waals surface area contributed by atoms with E-state index < -0.39 is 0 Å². The van der Waals surface area contributed by atoms with Crippen LogP contribution in [0.3, 0.4) is 0 Å². The molecule has 0 N–H and O–H groups in total. The Morgan fingerprint density at radius 3 is 2.71 bits per heavy atom. The lowest BCUT2D eigenvalue weighted by atomic mass is 10.1. The van der Waals surface area contributed by atoms with Gasteiger partial charge in [-0.05, 0) is 28.1 Å². The van der Waals surface area contributed by atoms with Gasteiger partial charge in [0.1, 0.15) is 0 Å². The summed E-state index contributed by atoms with van der Waals surface area (Å²) >= 11 is 14.5. The van der Waals surface area contributed by atoms with E-state index in [1.807, 2.05) is 0 Å². The van der Waals surface area contributed by atoms with Crippen LogP contribution < -0.4 is 4.74 Å². The first kappa shape index (κ1) is 11.8. The average Bonchev–Trinajstić information content (AvgIpc) is 2.18. The lowest BCUT2D eigenvalue weighted by molar-refractivity contribution is 0.102. The van der Waals surface area contributed by atoms with Gasteiger partial charge in [-0.3, -0.25) is 4.79 Å². The highest BCUT2D eigenvalue weighted by atomic mass is 79.9. The molecule has 1 aromatic carbocycles. The van der Waals surface area contributed by atoms with Crippen molar-refractivity contribution >= 4 is 44.9 Å². The van der Waals surface area contributed by atoms with E-state index in [4.69, 9.17) is 27.9 Å². The third-order valence-corrected chi connectivity index (χ3v) is 3.00. The molecule has 2 nitrogen and oxygen atoms in total. The standard InChI is InChI=1S/C9H7BrCl2O2/c1-14-9-6(12)3-2-5(8(9)10)7(13)4-11/h2-3H,4H2,1H3. The summed E-state index contributed by atoms with van der Waals surface area (Å²) in [6.45, 7) is 0. The molecule has 0 unspecified atom stereocenters. The number of rotatable bonds is 3. The van der Waals surface area contributed by atoms with Crippen molar-refractivity contribution in [3.8, 4) is 5.75 Å². The lowest BCUT2D eigenvalue weighted by Gasteiger charge is -2.08. The van der Waals surface area contributed by atoms with Crippen LogP contribution >= 0.6 is 39.1 Å². The highest BCUT2D eigenvalue weighted by molar-refractivity contribution is 9.10. The molecule has 0 aliphatic heterocycles. The van der Waals surface area contributed by atoms with E-state index >= 15 is 0 Å². The Kier molecular flexibility index (Phi) is 4.23. The van der Waals surface area contributed by atoms with Crippen LogP contribution in [0.4, 0.5) is 0 Å². The van der Waals surface area contributed by atoms with Crippen molar-refractivity contribution in [3.05, 3.63) is 27.2 Å². The van der Waals surface area contributed by atoms with Gasteiger partial charge in [-0.1, -0.05) is 11.6 Å². The molecular weight excluding hydrogens is 291 g/mol. The predicted octanol–water partition coefficient (Wildman–Crippen LogP) is 3.53.